The SMILES string of the molecule is COC(=O)CC(SC[C@H](N)C(=O)OC)C(=O)OC. The lowest BCUT2D eigenvalue weighted by Gasteiger charge is -2.15. The van der Waals surface area contributed by atoms with Gasteiger partial charge in [0.25, 0.3) is 0 Å². The second-order valence-electron chi connectivity index (χ2n) is 3.26. The van der Waals surface area contributed by atoms with Crippen LogP contribution in [0.5, 0.6) is 0 Å². The maximum absolute atomic E-state index is 11.4. The molecule has 0 spiro atoms. The van der Waals surface area contributed by atoms with Gasteiger partial charge in [0.1, 0.15) is 11.3 Å². The fraction of sp³-hybridized carbons (Fsp3) is 0.700. The molecule has 0 aliphatic carbocycles. The summed E-state index contributed by atoms with van der Waals surface area (Å²) in [6.45, 7) is 0. The van der Waals surface area contributed by atoms with E-state index in [4.69, 9.17) is 5.73 Å². The Bertz CT molecular complexity index is 309. The molecule has 0 aromatic rings. The Hall–Kier alpha value is -1.28. The molecule has 0 saturated heterocycles. The molecule has 1 unspecified atom stereocenters. The number of nitrogens with two attached hydrogens (primary N) is 1. The highest BCUT2D eigenvalue weighted by atomic mass is 32.2. The van der Waals surface area contributed by atoms with Gasteiger partial charge < -0.3 is 19.9 Å². The number of ether oxygens (including phenoxy) is 3. The monoisotopic (exact) mass is 279 g/mol. The number of hydrogen-bond donors (Lipinski definition) is 1. The van der Waals surface area contributed by atoms with Gasteiger partial charge in [-0.2, -0.15) is 0 Å². The fourth-order valence-corrected chi connectivity index (χ4v) is 2.08. The summed E-state index contributed by atoms with van der Waals surface area (Å²) in [6.07, 6.45) is -0.137. The number of carbonyl (C=O) groups is 3. The Labute approximate surface area is 109 Å². The number of methoxy groups -OCH3 is 3. The van der Waals surface area contributed by atoms with Gasteiger partial charge in [0.2, 0.25) is 0 Å². The molecule has 7 nitrogen and oxygen atoms in total. The van der Waals surface area contributed by atoms with Crippen LogP contribution in [0.15, 0.2) is 0 Å². The molecule has 0 aromatic carbocycles. The van der Waals surface area contributed by atoms with E-state index >= 15 is 0 Å². The molecule has 0 fully saturated rings. The number of thioether (sulfide) groups is 1. The van der Waals surface area contributed by atoms with Crippen LogP contribution in [0.2, 0.25) is 0 Å². The van der Waals surface area contributed by atoms with E-state index in [1.807, 2.05) is 0 Å². The minimum Gasteiger partial charge on any atom is -0.469 e. The van der Waals surface area contributed by atoms with Gasteiger partial charge in [0.15, 0.2) is 0 Å². The molecular formula is C10H17NO6S. The lowest BCUT2D eigenvalue weighted by Crippen LogP contribution is -2.35. The normalized spacial score (nSPS) is 13.3. The van der Waals surface area contributed by atoms with Crippen LogP contribution < -0.4 is 5.73 Å². The highest BCUT2D eigenvalue weighted by molar-refractivity contribution is 8.00. The van der Waals surface area contributed by atoms with Crippen molar-refractivity contribution in [2.75, 3.05) is 27.1 Å². The number of hydrogen-bond acceptors (Lipinski definition) is 8. The van der Waals surface area contributed by atoms with E-state index in [2.05, 4.69) is 14.2 Å². The van der Waals surface area contributed by atoms with Gasteiger partial charge in [-0.15, -0.1) is 11.8 Å². The van der Waals surface area contributed by atoms with Crippen molar-refractivity contribution < 1.29 is 28.6 Å². The van der Waals surface area contributed by atoms with Crippen LogP contribution in [0, 0.1) is 0 Å². The van der Waals surface area contributed by atoms with Crippen LogP contribution in [0.1, 0.15) is 6.42 Å². The first-order valence-corrected chi connectivity index (χ1v) is 6.10. The maximum Gasteiger partial charge on any atom is 0.323 e. The van der Waals surface area contributed by atoms with Crippen molar-refractivity contribution >= 4 is 29.7 Å². The zero-order chi connectivity index (χ0) is 14.1. The third-order valence-electron chi connectivity index (χ3n) is 2.02. The van der Waals surface area contributed by atoms with Crippen LogP contribution >= 0.6 is 11.8 Å². The lowest BCUT2D eigenvalue weighted by atomic mass is 10.3. The predicted octanol–water partition coefficient (Wildman–Crippen LogP) is -0.675. The van der Waals surface area contributed by atoms with Gasteiger partial charge in [0.05, 0.1) is 27.8 Å². The zero-order valence-corrected chi connectivity index (χ0v) is 11.3. The fourth-order valence-electron chi connectivity index (χ4n) is 1.02. The molecule has 18 heavy (non-hydrogen) atoms. The summed E-state index contributed by atoms with van der Waals surface area (Å²) in [6, 6.07) is -0.857. The lowest BCUT2D eigenvalue weighted by molar-refractivity contribution is -0.146. The Balaban J connectivity index is 4.37. The minimum absolute atomic E-state index is 0.137. The van der Waals surface area contributed by atoms with Crippen LogP contribution in [0.4, 0.5) is 0 Å². The Morgan fingerprint density at radius 2 is 1.61 bits per heavy atom. The van der Waals surface area contributed by atoms with Crippen LogP contribution in [-0.4, -0.2) is 56.3 Å². The topological polar surface area (TPSA) is 105 Å². The van der Waals surface area contributed by atoms with Gasteiger partial charge in [-0.3, -0.25) is 14.4 Å². The second kappa shape index (κ2) is 8.76. The minimum atomic E-state index is -0.857. The maximum atomic E-state index is 11.4. The van der Waals surface area contributed by atoms with Crippen molar-refractivity contribution in [3.05, 3.63) is 0 Å². The Morgan fingerprint density at radius 1 is 1.06 bits per heavy atom. The molecule has 0 bridgehead atoms. The summed E-state index contributed by atoms with van der Waals surface area (Å²) in [5.74, 6) is -1.54. The third kappa shape index (κ3) is 5.87. The Morgan fingerprint density at radius 3 is 2.06 bits per heavy atom. The highest BCUT2D eigenvalue weighted by Crippen LogP contribution is 2.18. The van der Waals surface area contributed by atoms with Crippen molar-refractivity contribution in [1.29, 1.82) is 0 Å². The molecule has 8 heteroatoms. The standard InChI is InChI=1S/C10H17NO6S/c1-15-8(12)4-7(10(14)17-3)18-5-6(11)9(13)16-2/h6-7H,4-5,11H2,1-3H3/t6-,7?/m0/s1. The summed E-state index contributed by atoms with van der Waals surface area (Å²) in [5.41, 5.74) is 5.52. The number of rotatable bonds is 7. The molecular weight excluding hydrogens is 262 g/mol. The van der Waals surface area contributed by atoms with Gasteiger partial charge in [-0.25, -0.2) is 0 Å². The molecule has 2 atom stereocenters. The molecule has 104 valence electrons. The van der Waals surface area contributed by atoms with Crippen molar-refractivity contribution in [2.45, 2.75) is 17.7 Å². The average molecular weight is 279 g/mol. The molecule has 0 aliphatic heterocycles. The molecule has 0 radical (unpaired) electrons. The first kappa shape index (κ1) is 16.7. The van der Waals surface area contributed by atoms with E-state index < -0.39 is 29.2 Å². The van der Waals surface area contributed by atoms with E-state index in [9.17, 15) is 14.4 Å². The predicted molar refractivity (Wildman–Crippen MR) is 64.9 cm³/mol. The smallest absolute Gasteiger partial charge is 0.323 e. The molecule has 0 amide bonds. The molecule has 0 aromatic heterocycles. The van der Waals surface area contributed by atoms with Crippen LogP contribution in [-0.2, 0) is 28.6 Å². The van der Waals surface area contributed by atoms with E-state index in [-0.39, 0.29) is 12.2 Å². The number of carbonyl (C=O) groups excluding carboxylic acids is 3. The van der Waals surface area contributed by atoms with Crippen LogP contribution in [0.3, 0.4) is 0 Å². The molecule has 0 aliphatic rings. The summed E-state index contributed by atoms with van der Waals surface area (Å²) in [4.78, 5) is 33.6. The summed E-state index contributed by atoms with van der Waals surface area (Å²) >= 11 is 1.05. The van der Waals surface area contributed by atoms with Gasteiger partial charge in [-0.1, -0.05) is 0 Å². The van der Waals surface area contributed by atoms with Gasteiger partial charge >= 0.3 is 17.9 Å². The quantitative estimate of drug-likeness (QED) is 0.483. The summed E-state index contributed by atoms with van der Waals surface area (Å²) < 4.78 is 13.5. The van der Waals surface area contributed by atoms with Crippen molar-refractivity contribution in [3.8, 4) is 0 Å². The van der Waals surface area contributed by atoms with E-state index in [1.54, 1.807) is 0 Å². The van der Waals surface area contributed by atoms with Crippen molar-refractivity contribution in [2.24, 2.45) is 5.73 Å². The largest absolute Gasteiger partial charge is 0.469 e. The summed E-state index contributed by atoms with van der Waals surface area (Å²) in [7, 11) is 3.66. The van der Waals surface area contributed by atoms with Crippen molar-refractivity contribution in [1.82, 2.24) is 0 Å². The van der Waals surface area contributed by atoms with Crippen LogP contribution in [0.25, 0.3) is 0 Å². The first-order chi connectivity index (χ1) is 8.46. The second-order valence-corrected chi connectivity index (χ2v) is 4.49. The first-order valence-electron chi connectivity index (χ1n) is 5.05. The Kier molecular flexibility index (Phi) is 8.14. The van der Waals surface area contributed by atoms with Gasteiger partial charge in [0, 0.05) is 5.75 Å². The van der Waals surface area contributed by atoms with Gasteiger partial charge in [-0.05, 0) is 0 Å². The molecule has 2 N–H and O–H groups in total. The van der Waals surface area contributed by atoms with E-state index in [0.29, 0.717) is 0 Å². The average Bonchev–Trinajstić information content (AvgIpc) is 2.40. The molecule has 0 rings (SSSR count). The molecule has 0 heterocycles. The summed E-state index contributed by atoms with van der Waals surface area (Å²) in [5, 5.41) is -0.752. The van der Waals surface area contributed by atoms with E-state index in [0.717, 1.165) is 11.8 Å². The zero-order valence-electron chi connectivity index (χ0n) is 10.5. The van der Waals surface area contributed by atoms with Crippen molar-refractivity contribution in [3.63, 3.8) is 0 Å². The van der Waals surface area contributed by atoms with E-state index in [1.165, 1.54) is 21.3 Å². The third-order valence-corrected chi connectivity index (χ3v) is 3.34. The number of esters is 3. The highest BCUT2D eigenvalue weighted by Gasteiger charge is 2.26. The molecule has 0 saturated carbocycles.